The molecule has 0 aliphatic carbocycles. The van der Waals surface area contributed by atoms with E-state index in [1.165, 1.54) is 7.11 Å². The molecule has 7 nitrogen and oxygen atoms in total. The highest BCUT2D eigenvalue weighted by molar-refractivity contribution is 5.86. The third kappa shape index (κ3) is 6.38. The molecule has 0 aromatic heterocycles. The van der Waals surface area contributed by atoms with Crippen LogP contribution >= 0.6 is 0 Å². The van der Waals surface area contributed by atoms with Gasteiger partial charge in [-0.15, -0.1) is 0 Å². The maximum Gasteiger partial charge on any atom is 0.344 e. The molecule has 0 bridgehead atoms. The van der Waals surface area contributed by atoms with Crippen LogP contribution in [0.15, 0.2) is 18.2 Å². The molecule has 144 valence electrons. The van der Waals surface area contributed by atoms with E-state index in [0.29, 0.717) is 12.2 Å². The fourth-order valence-electron chi connectivity index (χ4n) is 2.22. The van der Waals surface area contributed by atoms with Crippen molar-refractivity contribution in [1.29, 1.82) is 0 Å². The van der Waals surface area contributed by atoms with Gasteiger partial charge in [0.15, 0.2) is 13.2 Å². The van der Waals surface area contributed by atoms with Gasteiger partial charge in [0.05, 0.1) is 7.11 Å². The van der Waals surface area contributed by atoms with Crippen molar-refractivity contribution in [2.45, 2.75) is 40.2 Å². The molecule has 2 atom stereocenters. The van der Waals surface area contributed by atoms with Crippen molar-refractivity contribution in [3.05, 3.63) is 29.3 Å². The fraction of sp³-hybridized carbons (Fsp3) is 0.526. The van der Waals surface area contributed by atoms with E-state index in [4.69, 9.17) is 9.47 Å². The van der Waals surface area contributed by atoms with Crippen molar-refractivity contribution in [2.24, 2.45) is 5.92 Å². The summed E-state index contributed by atoms with van der Waals surface area (Å²) in [5, 5.41) is 2.53. The van der Waals surface area contributed by atoms with Crippen molar-refractivity contribution >= 4 is 17.8 Å². The molecule has 1 rings (SSSR count). The van der Waals surface area contributed by atoms with Crippen molar-refractivity contribution in [1.82, 2.24) is 5.32 Å². The van der Waals surface area contributed by atoms with E-state index in [2.05, 4.69) is 10.1 Å². The Kier molecular flexibility index (Phi) is 8.61. The Morgan fingerprint density at radius 2 is 1.85 bits per heavy atom. The summed E-state index contributed by atoms with van der Waals surface area (Å²) in [6.45, 7) is 6.77. The van der Waals surface area contributed by atoms with Gasteiger partial charge in [0.2, 0.25) is 0 Å². The SMILES string of the molecule is CC[C@H](C)[C@@H](NC(=O)COC(=O)COc1cccc(C)c1C)C(=O)OC. The second-order valence-electron chi connectivity index (χ2n) is 6.10. The van der Waals surface area contributed by atoms with Gasteiger partial charge in [0.1, 0.15) is 11.8 Å². The van der Waals surface area contributed by atoms with Gasteiger partial charge in [-0.05, 0) is 37.0 Å². The van der Waals surface area contributed by atoms with Crippen LogP contribution in [0.2, 0.25) is 0 Å². The largest absolute Gasteiger partial charge is 0.482 e. The van der Waals surface area contributed by atoms with Crippen LogP contribution in [0.5, 0.6) is 5.75 Å². The summed E-state index contributed by atoms with van der Waals surface area (Å²) in [6.07, 6.45) is 0.684. The van der Waals surface area contributed by atoms with Gasteiger partial charge in [0.25, 0.3) is 5.91 Å². The summed E-state index contributed by atoms with van der Waals surface area (Å²) in [4.78, 5) is 35.4. The number of benzene rings is 1. The average Bonchev–Trinajstić information content (AvgIpc) is 2.64. The monoisotopic (exact) mass is 365 g/mol. The number of carbonyl (C=O) groups excluding carboxylic acids is 3. The Morgan fingerprint density at radius 1 is 1.15 bits per heavy atom. The molecule has 1 aromatic rings. The number of hydrogen-bond donors (Lipinski definition) is 1. The van der Waals surface area contributed by atoms with Gasteiger partial charge >= 0.3 is 11.9 Å². The highest BCUT2D eigenvalue weighted by atomic mass is 16.6. The Balaban J connectivity index is 2.47. The maximum atomic E-state index is 11.9. The minimum Gasteiger partial charge on any atom is -0.482 e. The molecule has 0 aliphatic heterocycles. The number of aryl methyl sites for hydroxylation is 1. The van der Waals surface area contributed by atoms with Crippen LogP contribution in [0.1, 0.15) is 31.4 Å². The quantitative estimate of drug-likeness (QED) is 0.673. The summed E-state index contributed by atoms with van der Waals surface area (Å²) in [5.41, 5.74) is 1.99. The number of hydrogen-bond acceptors (Lipinski definition) is 6. The number of esters is 2. The van der Waals surface area contributed by atoms with Crippen LogP contribution in [-0.2, 0) is 23.9 Å². The van der Waals surface area contributed by atoms with Gasteiger partial charge in [-0.1, -0.05) is 32.4 Å². The summed E-state index contributed by atoms with van der Waals surface area (Å²) in [7, 11) is 1.26. The molecule has 1 N–H and O–H groups in total. The third-order valence-electron chi connectivity index (χ3n) is 4.25. The second-order valence-corrected chi connectivity index (χ2v) is 6.10. The molecule has 0 saturated carbocycles. The number of rotatable bonds is 9. The molecule has 0 unspecified atom stereocenters. The minimum atomic E-state index is -0.776. The fourth-order valence-corrected chi connectivity index (χ4v) is 2.22. The van der Waals surface area contributed by atoms with Crippen LogP contribution in [-0.4, -0.2) is 44.2 Å². The maximum absolute atomic E-state index is 11.9. The van der Waals surface area contributed by atoms with Gasteiger partial charge in [0, 0.05) is 0 Å². The highest BCUT2D eigenvalue weighted by Crippen LogP contribution is 2.20. The Hall–Kier alpha value is -2.57. The van der Waals surface area contributed by atoms with Crippen LogP contribution < -0.4 is 10.1 Å². The average molecular weight is 365 g/mol. The summed E-state index contributed by atoms with van der Waals surface area (Å²) < 4.78 is 15.0. The smallest absolute Gasteiger partial charge is 0.344 e. The molecule has 1 amide bonds. The normalized spacial score (nSPS) is 12.7. The first-order chi connectivity index (χ1) is 12.3. The van der Waals surface area contributed by atoms with Crippen molar-refractivity contribution in [2.75, 3.05) is 20.3 Å². The number of methoxy groups -OCH3 is 1. The summed E-state index contributed by atoms with van der Waals surface area (Å²) >= 11 is 0. The standard InChI is InChI=1S/C19H27NO6/c1-6-12(2)18(19(23)24-5)20-16(21)10-26-17(22)11-25-15-9-7-8-13(3)14(15)4/h7-9,12,18H,6,10-11H2,1-5H3,(H,20,21)/t12-,18+/m0/s1. The van der Waals surface area contributed by atoms with Gasteiger partial charge in [-0.3, -0.25) is 4.79 Å². The van der Waals surface area contributed by atoms with E-state index >= 15 is 0 Å². The lowest BCUT2D eigenvalue weighted by atomic mass is 9.99. The number of amides is 1. The molecule has 0 aliphatic rings. The molecule has 1 aromatic carbocycles. The van der Waals surface area contributed by atoms with Crippen molar-refractivity contribution < 1.29 is 28.6 Å². The van der Waals surface area contributed by atoms with Crippen LogP contribution in [0, 0.1) is 19.8 Å². The lowest BCUT2D eigenvalue weighted by Crippen LogP contribution is -2.47. The Morgan fingerprint density at radius 3 is 2.46 bits per heavy atom. The van der Waals surface area contributed by atoms with E-state index < -0.39 is 30.5 Å². The van der Waals surface area contributed by atoms with E-state index in [1.54, 1.807) is 6.07 Å². The Labute approximate surface area is 154 Å². The molecule has 7 heteroatoms. The predicted molar refractivity (Wildman–Crippen MR) is 95.8 cm³/mol. The predicted octanol–water partition coefficient (Wildman–Crippen LogP) is 1.93. The molecular weight excluding hydrogens is 338 g/mol. The van der Waals surface area contributed by atoms with E-state index in [-0.39, 0.29) is 12.5 Å². The number of nitrogens with one attached hydrogen (secondary N) is 1. The molecule has 0 heterocycles. The molecular formula is C19H27NO6. The van der Waals surface area contributed by atoms with E-state index in [9.17, 15) is 14.4 Å². The first-order valence-corrected chi connectivity index (χ1v) is 8.51. The first kappa shape index (κ1) is 21.5. The lowest BCUT2D eigenvalue weighted by molar-refractivity contribution is -0.152. The van der Waals surface area contributed by atoms with Gasteiger partial charge in [-0.2, -0.15) is 0 Å². The van der Waals surface area contributed by atoms with Crippen LogP contribution in [0.3, 0.4) is 0 Å². The van der Waals surface area contributed by atoms with E-state index in [0.717, 1.165) is 11.1 Å². The molecule has 0 radical (unpaired) electrons. The van der Waals surface area contributed by atoms with Crippen LogP contribution in [0.25, 0.3) is 0 Å². The van der Waals surface area contributed by atoms with E-state index in [1.807, 2.05) is 39.8 Å². The van der Waals surface area contributed by atoms with Gasteiger partial charge < -0.3 is 19.5 Å². The first-order valence-electron chi connectivity index (χ1n) is 8.51. The zero-order valence-electron chi connectivity index (χ0n) is 16.0. The number of carbonyl (C=O) groups is 3. The molecule has 0 saturated heterocycles. The molecule has 0 spiro atoms. The Bertz CT molecular complexity index is 643. The minimum absolute atomic E-state index is 0.102. The van der Waals surface area contributed by atoms with Gasteiger partial charge in [-0.25, -0.2) is 9.59 Å². The topological polar surface area (TPSA) is 90.9 Å². The zero-order valence-corrected chi connectivity index (χ0v) is 16.0. The van der Waals surface area contributed by atoms with Crippen LogP contribution in [0.4, 0.5) is 0 Å². The molecule has 26 heavy (non-hydrogen) atoms. The third-order valence-corrected chi connectivity index (χ3v) is 4.25. The van der Waals surface area contributed by atoms with Crippen molar-refractivity contribution in [3.8, 4) is 5.75 Å². The van der Waals surface area contributed by atoms with Crippen molar-refractivity contribution in [3.63, 3.8) is 0 Å². The second kappa shape index (κ2) is 10.4. The lowest BCUT2D eigenvalue weighted by Gasteiger charge is -2.21. The number of ether oxygens (including phenoxy) is 3. The summed E-state index contributed by atoms with van der Waals surface area (Å²) in [5.74, 6) is -1.28. The highest BCUT2D eigenvalue weighted by Gasteiger charge is 2.26. The zero-order chi connectivity index (χ0) is 19.7. The summed E-state index contributed by atoms with van der Waals surface area (Å²) in [6, 6.07) is 4.76. The molecule has 0 fully saturated rings.